The monoisotopic (exact) mass is 382 g/mol. The molecule has 1 heterocycles. The SMILES string of the molecule is Cc1ccc(C2=NO[C@H](CN(Cc3ccccc3F)C(=O)CC(C)C)C2)cc1. The maximum absolute atomic E-state index is 14.1. The number of benzene rings is 2. The van der Waals surface area contributed by atoms with Crippen molar-refractivity contribution in [1.29, 1.82) is 0 Å². The molecule has 0 radical (unpaired) electrons. The lowest BCUT2D eigenvalue weighted by Gasteiger charge is -2.26. The van der Waals surface area contributed by atoms with Crippen molar-refractivity contribution in [2.24, 2.45) is 11.1 Å². The first-order chi connectivity index (χ1) is 13.4. The number of nitrogens with zero attached hydrogens (tertiary/aromatic N) is 2. The summed E-state index contributed by atoms with van der Waals surface area (Å²) in [5, 5.41) is 4.22. The quantitative estimate of drug-likeness (QED) is 0.696. The number of rotatable bonds is 7. The van der Waals surface area contributed by atoms with Crippen LogP contribution in [0.2, 0.25) is 0 Å². The molecular formula is C23H27FN2O2. The van der Waals surface area contributed by atoms with Crippen molar-refractivity contribution in [2.75, 3.05) is 6.54 Å². The van der Waals surface area contributed by atoms with E-state index in [2.05, 4.69) is 5.16 Å². The van der Waals surface area contributed by atoms with Crippen LogP contribution < -0.4 is 0 Å². The zero-order valence-corrected chi connectivity index (χ0v) is 16.7. The van der Waals surface area contributed by atoms with E-state index in [0.29, 0.717) is 24.9 Å². The van der Waals surface area contributed by atoms with Crippen molar-refractivity contribution in [1.82, 2.24) is 4.90 Å². The number of amides is 1. The Hall–Kier alpha value is -2.69. The summed E-state index contributed by atoms with van der Waals surface area (Å²) in [5.41, 5.74) is 3.61. The van der Waals surface area contributed by atoms with Crippen LogP contribution in [0.1, 0.15) is 43.4 Å². The molecule has 0 fully saturated rings. The van der Waals surface area contributed by atoms with Gasteiger partial charge in [0.2, 0.25) is 5.91 Å². The molecule has 3 rings (SSSR count). The molecule has 1 atom stereocenters. The van der Waals surface area contributed by atoms with Gasteiger partial charge in [0, 0.05) is 24.9 Å². The predicted molar refractivity (Wildman–Crippen MR) is 108 cm³/mol. The summed E-state index contributed by atoms with van der Waals surface area (Å²) in [4.78, 5) is 20.1. The fourth-order valence-electron chi connectivity index (χ4n) is 3.25. The molecule has 0 aliphatic carbocycles. The van der Waals surface area contributed by atoms with E-state index in [9.17, 15) is 9.18 Å². The van der Waals surface area contributed by atoms with Gasteiger partial charge in [0.15, 0.2) is 6.10 Å². The van der Waals surface area contributed by atoms with E-state index in [1.54, 1.807) is 23.1 Å². The van der Waals surface area contributed by atoms with Crippen LogP contribution in [-0.4, -0.2) is 29.2 Å². The Morgan fingerprint density at radius 1 is 1.21 bits per heavy atom. The third kappa shape index (κ3) is 5.18. The smallest absolute Gasteiger partial charge is 0.223 e. The third-order valence-corrected chi connectivity index (χ3v) is 4.80. The Labute approximate surface area is 166 Å². The first-order valence-electron chi connectivity index (χ1n) is 9.73. The first-order valence-corrected chi connectivity index (χ1v) is 9.73. The summed E-state index contributed by atoms with van der Waals surface area (Å²) in [5.74, 6) is -0.0566. The normalized spacial score (nSPS) is 16.0. The molecule has 5 heteroatoms. The minimum atomic E-state index is -0.297. The topological polar surface area (TPSA) is 41.9 Å². The van der Waals surface area contributed by atoms with Gasteiger partial charge in [-0.15, -0.1) is 0 Å². The van der Waals surface area contributed by atoms with Gasteiger partial charge in [0.1, 0.15) is 5.82 Å². The maximum atomic E-state index is 14.1. The van der Waals surface area contributed by atoms with Crippen LogP contribution in [0, 0.1) is 18.7 Å². The zero-order valence-electron chi connectivity index (χ0n) is 16.7. The average molecular weight is 382 g/mol. The number of carbonyl (C=O) groups excluding carboxylic acids is 1. The second-order valence-corrected chi connectivity index (χ2v) is 7.80. The van der Waals surface area contributed by atoms with E-state index >= 15 is 0 Å². The van der Waals surface area contributed by atoms with Crippen LogP contribution in [0.25, 0.3) is 0 Å². The van der Waals surface area contributed by atoms with Crippen LogP contribution in [0.15, 0.2) is 53.7 Å². The Balaban J connectivity index is 1.68. The van der Waals surface area contributed by atoms with Crippen LogP contribution >= 0.6 is 0 Å². The lowest BCUT2D eigenvalue weighted by atomic mass is 10.0. The molecule has 0 N–H and O–H groups in total. The molecule has 0 spiro atoms. The lowest BCUT2D eigenvalue weighted by Crippen LogP contribution is -2.38. The van der Waals surface area contributed by atoms with Gasteiger partial charge in [-0.05, 0) is 24.5 Å². The van der Waals surface area contributed by atoms with Gasteiger partial charge in [-0.25, -0.2) is 4.39 Å². The summed E-state index contributed by atoms with van der Waals surface area (Å²) in [6.45, 7) is 6.67. The highest BCUT2D eigenvalue weighted by Crippen LogP contribution is 2.20. The van der Waals surface area contributed by atoms with Crippen molar-refractivity contribution in [2.45, 2.75) is 46.3 Å². The molecule has 0 bridgehead atoms. The van der Waals surface area contributed by atoms with E-state index in [1.807, 2.05) is 45.0 Å². The van der Waals surface area contributed by atoms with Crippen molar-refractivity contribution in [3.05, 3.63) is 71.0 Å². The summed E-state index contributed by atoms with van der Waals surface area (Å²) in [7, 11) is 0. The minimum absolute atomic E-state index is 0.00522. The number of aryl methyl sites for hydroxylation is 1. The number of hydrogen-bond acceptors (Lipinski definition) is 3. The highest BCUT2D eigenvalue weighted by Gasteiger charge is 2.27. The Kier molecular flexibility index (Phi) is 6.45. The fraction of sp³-hybridized carbons (Fsp3) is 0.391. The molecule has 2 aromatic rings. The largest absolute Gasteiger partial charge is 0.390 e. The molecule has 2 aromatic carbocycles. The van der Waals surface area contributed by atoms with Crippen molar-refractivity contribution in [3.63, 3.8) is 0 Å². The molecule has 4 nitrogen and oxygen atoms in total. The number of carbonyl (C=O) groups is 1. The second-order valence-electron chi connectivity index (χ2n) is 7.80. The molecule has 1 aliphatic heterocycles. The molecule has 148 valence electrons. The summed E-state index contributed by atoms with van der Waals surface area (Å²) in [6.07, 6.45) is 0.831. The van der Waals surface area contributed by atoms with Gasteiger partial charge in [-0.1, -0.05) is 67.0 Å². The highest BCUT2D eigenvalue weighted by molar-refractivity contribution is 6.01. The Morgan fingerprint density at radius 3 is 2.61 bits per heavy atom. The van der Waals surface area contributed by atoms with Crippen LogP contribution in [-0.2, 0) is 16.2 Å². The Morgan fingerprint density at radius 2 is 1.93 bits per heavy atom. The molecule has 1 aliphatic rings. The number of halogens is 1. The maximum Gasteiger partial charge on any atom is 0.223 e. The van der Waals surface area contributed by atoms with Gasteiger partial charge in [0.25, 0.3) is 0 Å². The van der Waals surface area contributed by atoms with E-state index in [4.69, 9.17) is 4.84 Å². The molecule has 0 unspecified atom stereocenters. The van der Waals surface area contributed by atoms with Gasteiger partial charge >= 0.3 is 0 Å². The van der Waals surface area contributed by atoms with Crippen molar-refractivity contribution >= 4 is 11.6 Å². The second kappa shape index (κ2) is 9.00. The summed E-state index contributed by atoms with van der Waals surface area (Å²) in [6, 6.07) is 14.7. The van der Waals surface area contributed by atoms with E-state index in [1.165, 1.54) is 11.6 Å². The molecule has 1 amide bonds. The van der Waals surface area contributed by atoms with Crippen molar-refractivity contribution in [3.8, 4) is 0 Å². The van der Waals surface area contributed by atoms with Crippen LogP contribution in [0.5, 0.6) is 0 Å². The zero-order chi connectivity index (χ0) is 20.1. The number of hydrogen-bond donors (Lipinski definition) is 0. The molecule has 0 saturated carbocycles. The van der Waals surface area contributed by atoms with E-state index < -0.39 is 0 Å². The summed E-state index contributed by atoms with van der Waals surface area (Å²) < 4.78 is 14.1. The third-order valence-electron chi connectivity index (χ3n) is 4.80. The molecular weight excluding hydrogens is 355 g/mol. The molecule has 0 aromatic heterocycles. The standard InChI is InChI=1S/C23H27FN2O2/c1-16(2)12-23(27)26(14-19-6-4-5-7-21(19)24)15-20-13-22(25-28-20)18-10-8-17(3)9-11-18/h4-11,16,20H,12-15H2,1-3H3/t20-/m0/s1. The van der Waals surface area contributed by atoms with Gasteiger partial charge in [-0.2, -0.15) is 0 Å². The summed E-state index contributed by atoms with van der Waals surface area (Å²) >= 11 is 0. The van der Waals surface area contributed by atoms with E-state index in [0.717, 1.165) is 11.3 Å². The average Bonchev–Trinajstić information content (AvgIpc) is 3.11. The lowest BCUT2D eigenvalue weighted by molar-refractivity contribution is -0.134. The van der Waals surface area contributed by atoms with Crippen LogP contribution in [0.4, 0.5) is 4.39 Å². The number of oxime groups is 1. The van der Waals surface area contributed by atoms with E-state index in [-0.39, 0.29) is 30.3 Å². The highest BCUT2D eigenvalue weighted by atomic mass is 19.1. The van der Waals surface area contributed by atoms with Gasteiger partial charge in [0.05, 0.1) is 12.3 Å². The van der Waals surface area contributed by atoms with Gasteiger partial charge < -0.3 is 9.74 Å². The van der Waals surface area contributed by atoms with Crippen LogP contribution in [0.3, 0.4) is 0 Å². The Bertz CT molecular complexity index is 846. The first kappa shape index (κ1) is 20.1. The van der Waals surface area contributed by atoms with Crippen molar-refractivity contribution < 1.29 is 14.0 Å². The van der Waals surface area contributed by atoms with Gasteiger partial charge in [-0.3, -0.25) is 4.79 Å². The predicted octanol–water partition coefficient (Wildman–Crippen LogP) is 4.70. The molecule has 0 saturated heterocycles. The minimum Gasteiger partial charge on any atom is -0.390 e. The molecule has 28 heavy (non-hydrogen) atoms. The fourth-order valence-corrected chi connectivity index (χ4v) is 3.25.